The lowest BCUT2D eigenvalue weighted by Crippen LogP contribution is -2.46. The molecule has 2 atom stereocenters. The fourth-order valence-electron chi connectivity index (χ4n) is 3.51. The number of rotatable bonds is 5. The van der Waals surface area contributed by atoms with Crippen molar-refractivity contribution in [1.82, 2.24) is 15.5 Å². The van der Waals surface area contributed by atoms with Crippen molar-refractivity contribution in [2.45, 2.75) is 31.7 Å². The highest BCUT2D eigenvalue weighted by molar-refractivity contribution is 5.97. The number of amides is 2. The van der Waals surface area contributed by atoms with Crippen molar-refractivity contribution >= 4 is 24.2 Å². The molecule has 2 aliphatic rings. The minimum atomic E-state index is -0.315. The Kier molecular flexibility index (Phi) is 7.06. The van der Waals surface area contributed by atoms with E-state index in [1.807, 2.05) is 30.3 Å². The van der Waals surface area contributed by atoms with E-state index in [0.717, 1.165) is 32.4 Å². The van der Waals surface area contributed by atoms with Crippen molar-refractivity contribution in [2.24, 2.45) is 5.92 Å². The van der Waals surface area contributed by atoms with Crippen LogP contribution in [-0.4, -0.2) is 48.9 Å². The molecule has 0 radical (unpaired) electrons. The van der Waals surface area contributed by atoms with Crippen molar-refractivity contribution in [3.8, 4) is 0 Å². The summed E-state index contributed by atoms with van der Waals surface area (Å²) < 4.78 is 0. The summed E-state index contributed by atoms with van der Waals surface area (Å²) in [5.41, 5.74) is 0.657. The lowest BCUT2D eigenvalue weighted by Gasteiger charge is -2.24. The summed E-state index contributed by atoms with van der Waals surface area (Å²) >= 11 is 0. The van der Waals surface area contributed by atoms with E-state index in [-0.39, 0.29) is 30.3 Å². The minimum Gasteiger partial charge on any atom is -0.354 e. The zero-order valence-electron chi connectivity index (χ0n) is 13.9. The molecule has 24 heavy (non-hydrogen) atoms. The molecule has 2 N–H and O–H groups in total. The molecule has 2 aliphatic heterocycles. The first-order chi connectivity index (χ1) is 11.3. The van der Waals surface area contributed by atoms with Crippen LogP contribution in [-0.2, 0) is 4.79 Å². The van der Waals surface area contributed by atoms with Gasteiger partial charge in [-0.25, -0.2) is 0 Å². The number of nitrogens with one attached hydrogen (secondary N) is 2. The summed E-state index contributed by atoms with van der Waals surface area (Å²) in [5, 5.41) is 6.37. The molecular formula is C18H26ClN3O2. The van der Waals surface area contributed by atoms with Gasteiger partial charge in [-0.15, -0.1) is 12.4 Å². The van der Waals surface area contributed by atoms with Gasteiger partial charge in [0.1, 0.15) is 6.04 Å². The van der Waals surface area contributed by atoms with Gasteiger partial charge in [0, 0.05) is 18.7 Å². The Balaban J connectivity index is 0.00000208. The number of carbonyl (C=O) groups excluding carboxylic acids is 2. The monoisotopic (exact) mass is 351 g/mol. The molecule has 2 unspecified atom stereocenters. The van der Waals surface area contributed by atoms with Gasteiger partial charge in [-0.2, -0.15) is 0 Å². The maximum atomic E-state index is 12.6. The lowest BCUT2D eigenvalue weighted by molar-refractivity contribution is -0.124. The Morgan fingerprint density at radius 3 is 2.71 bits per heavy atom. The Hall–Kier alpha value is -1.59. The van der Waals surface area contributed by atoms with Crippen molar-refractivity contribution in [3.63, 3.8) is 0 Å². The van der Waals surface area contributed by atoms with Crippen LogP contribution in [0, 0.1) is 5.92 Å². The van der Waals surface area contributed by atoms with Crippen molar-refractivity contribution < 1.29 is 9.59 Å². The van der Waals surface area contributed by atoms with E-state index in [9.17, 15) is 9.59 Å². The first-order valence-electron chi connectivity index (χ1n) is 8.60. The first kappa shape index (κ1) is 18.7. The third-order valence-corrected chi connectivity index (χ3v) is 4.85. The molecule has 3 rings (SSSR count). The molecule has 6 heteroatoms. The predicted octanol–water partition coefficient (Wildman–Crippen LogP) is 1.83. The summed E-state index contributed by atoms with van der Waals surface area (Å²) in [6.07, 6.45) is 3.86. The molecule has 1 aromatic carbocycles. The predicted molar refractivity (Wildman–Crippen MR) is 96.4 cm³/mol. The highest BCUT2D eigenvalue weighted by atomic mass is 35.5. The van der Waals surface area contributed by atoms with Crippen LogP contribution in [0.4, 0.5) is 0 Å². The Bertz CT molecular complexity index is 546. The van der Waals surface area contributed by atoms with Gasteiger partial charge >= 0.3 is 0 Å². The molecule has 2 saturated heterocycles. The molecule has 2 fully saturated rings. The van der Waals surface area contributed by atoms with Crippen LogP contribution in [0.1, 0.15) is 36.0 Å². The number of nitrogens with zero attached hydrogens (tertiary/aromatic N) is 1. The molecular weight excluding hydrogens is 326 g/mol. The van der Waals surface area contributed by atoms with Gasteiger partial charge in [0.05, 0.1) is 0 Å². The number of hydrogen-bond acceptors (Lipinski definition) is 3. The van der Waals surface area contributed by atoms with Crippen LogP contribution in [0.25, 0.3) is 0 Å². The molecule has 0 aliphatic carbocycles. The van der Waals surface area contributed by atoms with Gasteiger partial charge in [0.15, 0.2) is 0 Å². The van der Waals surface area contributed by atoms with Crippen LogP contribution in [0.3, 0.4) is 0 Å². The Morgan fingerprint density at radius 1 is 1.21 bits per heavy atom. The van der Waals surface area contributed by atoms with Gasteiger partial charge in [0.2, 0.25) is 5.91 Å². The van der Waals surface area contributed by atoms with E-state index in [1.165, 1.54) is 6.42 Å². The van der Waals surface area contributed by atoms with Crippen molar-refractivity contribution in [2.75, 3.05) is 26.2 Å². The van der Waals surface area contributed by atoms with E-state index in [4.69, 9.17) is 0 Å². The second-order valence-electron chi connectivity index (χ2n) is 6.46. The highest BCUT2D eigenvalue weighted by Gasteiger charge is 2.34. The normalized spacial score (nSPS) is 22.9. The number of carbonyl (C=O) groups is 2. The summed E-state index contributed by atoms with van der Waals surface area (Å²) in [6, 6.07) is 8.90. The third-order valence-electron chi connectivity index (χ3n) is 4.85. The zero-order valence-corrected chi connectivity index (χ0v) is 14.7. The van der Waals surface area contributed by atoms with Crippen molar-refractivity contribution in [1.29, 1.82) is 0 Å². The average Bonchev–Trinajstić information content (AvgIpc) is 3.26. The standard InChI is InChI=1S/C18H25N3O2.ClH/c22-17(20-11-9-14-8-10-19-13-14)16-7-4-12-21(16)18(23)15-5-2-1-3-6-15;/h1-3,5-6,14,16,19H,4,7-13H2,(H,20,22);1H. The fraction of sp³-hybridized carbons (Fsp3) is 0.556. The summed E-state index contributed by atoms with van der Waals surface area (Å²) in [4.78, 5) is 26.8. The third kappa shape index (κ3) is 4.48. The molecule has 5 nitrogen and oxygen atoms in total. The molecule has 0 bridgehead atoms. The second kappa shape index (κ2) is 9.04. The molecule has 2 heterocycles. The maximum absolute atomic E-state index is 12.6. The number of hydrogen-bond donors (Lipinski definition) is 2. The second-order valence-corrected chi connectivity index (χ2v) is 6.46. The van der Waals surface area contributed by atoms with Crippen molar-refractivity contribution in [3.05, 3.63) is 35.9 Å². The number of halogens is 1. The molecule has 0 spiro atoms. The first-order valence-corrected chi connectivity index (χ1v) is 8.60. The molecule has 2 amide bonds. The van der Waals surface area contributed by atoms with E-state index in [0.29, 0.717) is 24.6 Å². The summed E-state index contributed by atoms with van der Waals surface area (Å²) in [7, 11) is 0. The molecule has 0 saturated carbocycles. The van der Waals surface area contributed by atoms with Crippen LogP contribution >= 0.6 is 12.4 Å². The largest absolute Gasteiger partial charge is 0.354 e. The minimum absolute atomic E-state index is 0. The summed E-state index contributed by atoms with van der Waals surface area (Å²) in [5.74, 6) is 0.627. The Morgan fingerprint density at radius 2 is 2.00 bits per heavy atom. The smallest absolute Gasteiger partial charge is 0.254 e. The van der Waals surface area contributed by atoms with E-state index in [1.54, 1.807) is 4.90 Å². The van der Waals surface area contributed by atoms with Crippen LogP contribution in [0.15, 0.2) is 30.3 Å². The van der Waals surface area contributed by atoms with Gasteiger partial charge < -0.3 is 15.5 Å². The van der Waals surface area contributed by atoms with Crippen LogP contribution in [0.5, 0.6) is 0 Å². The quantitative estimate of drug-likeness (QED) is 0.850. The number of likely N-dealkylation sites (tertiary alicyclic amines) is 1. The van der Waals surface area contributed by atoms with Crippen LogP contribution < -0.4 is 10.6 Å². The average molecular weight is 352 g/mol. The molecule has 0 aromatic heterocycles. The van der Waals surface area contributed by atoms with Gasteiger partial charge in [-0.3, -0.25) is 9.59 Å². The van der Waals surface area contributed by atoms with E-state index >= 15 is 0 Å². The van der Waals surface area contributed by atoms with E-state index < -0.39 is 0 Å². The van der Waals surface area contributed by atoms with Gasteiger partial charge in [0.25, 0.3) is 5.91 Å². The zero-order chi connectivity index (χ0) is 16.1. The highest BCUT2D eigenvalue weighted by Crippen LogP contribution is 2.20. The fourth-order valence-corrected chi connectivity index (χ4v) is 3.51. The maximum Gasteiger partial charge on any atom is 0.254 e. The topological polar surface area (TPSA) is 61.4 Å². The van der Waals surface area contributed by atoms with Crippen LogP contribution in [0.2, 0.25) is 0 Å². The van der Waals surface area contributed by atoms with E-state index in [2.05, 4.69) is 10.6 Å². The van der Waals surface area contributed by atoms with Gasteiger partial charge in [-0.05, 0) is 56.8 Å². The lowest BCUT2D eigenvalue weighted by atomic mass is 10.1. The van der Waals surface area contributed by atoms with Gasteiger partial charge in [-0.1, -0.05) is 18.2 Å². The Labute approximate surface area is 149 Å². The molecule has 132 valence electrons. The molecule has 1 aromatic rings. The SMILES string of the molecule is Cl.O=C(NCCC1CCNC1)C1CCCN1C(=O)c1ccccc1. The number of benzene rings is 1. The summed E-state index contributed by atoms with van der Waals surface area (Å²) in [6.45, 7) is 3.51.